The second-order valence-corrected chi connectivity index (χ2v) is 21.5. The summed E-state index contributed by atoms with van der Waals surface area (Å²) < 4.78 is 0. The van der Waals surface area contributed by atoms with Gasteiger partial charge in [-0.3, -0.25) is 14.4 Å². The van der Waals surface area contributed by atoms with Gasteiger partial charge in [0, 0.05) is 13.0 Å². The van der Waals surface area contributed by atoms with E-state index in [1.807, 2.05) is 13.8 Å². The summed E-state index contributed by atoms with van der Waals surface area (Å²) in [7, 11) is 0. The summed E-state index contributed by atoms with van der Waals surface area (Å²) in [5.41, 5.74) is 1.90. The molecule has 8 heteroatoms. The maximum Gasteiger partial charge on any atom is 0.306 e. The Bertz CT molecular complexity index is 1400. The summed E-state index contributed by atoms with van der Waals surface area (Å²) in [4.78, 5) is 38.2. The predicted molar refractivity (Wildman–Crippen MR) is 215 cm³/mol. The first-order valence-electron chi connectivity index (χ1n) is 22.0. The van der Waals surface area contributed by atoms with Crippen molar-refractivity contribution >= 4 is 17.8 Å². The van der Waals surface area contributed by atoms with Gasteiger partial charge >= 0.3 is 5.97 Å². The van der Waals surface area contributed by atoms with Gasteiger partial charge in [-0.25, -0.2) is 0 Å². The molecular weight excluding hydrogens is 677 g/mol. The molecule has 5 rings (SSSR count). The van der Waals surface area contributed by atoms with Crippen molar-refractivity contribution in [2.45, 2.75) is 196 Å². The summed E-state index contributed by atoms with van der Waals surface area (Å²) in [6.45, 7) is 21.9. The lowest BCUT2D eigenvalue weighted by Gasteiger charge is -2.71. The molecule has 0 aliphatic heterocycles. The molecule has 0 aromatic heterocycles. The van der Waals surface area contributed by atoms with Gasteiger partial charge in [0.25, 0.3) is 0 Å². The van der Waals surface area contributed by atoms with Crippen LogP contribution in [0.3, 0.4) is 0 Å². The normalized spacial score (nSPS) is 37.7. The summed E-state index contributed by atoms with van der Waals surface area (Å²) in [5.74, 6) is 0.699. The Hall–Kier alpha value is -1.93. The molecule has 0 aromatic carbocycles. The molecule has 5 aliphatic rings. The van der Waals surface area contributed by atoms with E-state index in [4.69, 9.17) is 5.11 Å². The molecule has 5 aliphatic carbocycles. The molecule has 0 aromatic rings. The van der Waals surface area contributed by atoms with Crippen molar-refractivity contribution in [2.24, 2.45) is 56.2 Å². The van der Waals surface area contributed by atoms with E-state index in [9.17, 15) is 24.6 Å². The number of carbonyl (C=O) groups is 3. The number of allylic oxidation sites excluding steroid dienone is 2. The largest absolute Gasteiger partial charge is 0.481 e. The quantitative estimate of drug-likeness (QED) is 0.0837. The molecule has 0 unspecified atom stereocenters. The van der Waals surface area contributed by atoms with E-state index >= 15 is 0 Å². The summed E-state index contributed by atoms with van der Waals surface area (Å²) in [6.07, 6.45) is 17.1. The molecule has 0 spiro atoms. The van der Waals surface area contributed by atoms with Crippen LogP contribution in [0, 0.1) is 56.2 Å². The van der Waals surface area contributed by atoms with Gasteiger partial charge in [0.15, 0.2) is 0 Å². The van der Waals surface area contributed by atoms with Gasteiger partial charge in [0.05, 0.1) is 30.1 Å². The zero-order valence-electron chi connectivity index (χ0n) is 35.6. The average Bonchev–Trinajstić information content (AvgIpc) is 3.07. The van der Waals surface area contributed by atoms with Crippen LogP contribution in [0.4, 0.5) is 0 Å². The van der Waals surface area contributed by atoms with Crippen LogP contribution in [0.2, 0.25) is 0 Å². The molecule has 8 nitrogen and oxygen atoms in total. The molecular formula is C46H78N2O6. The van der Waals surface area contributed by atoms with Crippen molar-refractivity contribution in [2.75, 3.05) is 6.54 Å². The van der Waals surface area contributed by atoms with Crippen molar-refractivity contribution in [3.63, 3.8) is 0 Å². The van der Waals surface area contributed by atoms with E-state index < -0.39 is 18.1 Å². The third kappa shape index (κ3) is 8.09. The summed E-state index contributed by atoms with van der Waals surface area (Å²) in [6, 6.07) is -0.553. The Labute approximate surface area is 327 Å². The molecule has 0 heterocycles. The second-order valence-electron chi connectivity index (χ2n) is 21.5. The Morgan fingerprint density at radius 2 is 1.52 bits per heavy atom. The standard InChI is InChI=1S/C46H78N2O6/c1-30(2)27-33(34(49)28-39(52)53)48-38(51)15-13-11-10-12-14-26-47-40(54)46-24-22-41(3,4)29-32(46)31-16-17-36-43(7)20-19-37(50)42(5,6)35(43)18-21-45(36,9)44(31,8)23-25-46/h16,30,32-37,49-50H,10-15,17-29H2,1-9H3,(H,47,54)(H,48,51)(H,52,53)/t32-,33-,34-,35-,36+,37-,43-,44+,45+,46-/m0/s1. The van der Waals surface area contributed by atoms with E-state index in [2.05, 4.69) is 65.2 Å². The number of aliphatic hydroxyl groups excluding tert-OH is 2. The number of carboxylic acids is 1. The smallest absolute Gasteiger partial charge is 0.306 e. The van der Waals surface area contributed by atoms with Crippen LogP contribution in [0.15, 0.2) is 11.6 Å². The molecule has 0 bridgehead atoms. The number of hydrogen-bond acceptors (Lipinski definition) is 5. The van der Waals surface area contributed by atoms with E-state index in [-0.39, 0.29) is 68.7 Å². The van der Waals surface area contributed by atoms with Crippen LogP contribution >= 0.6 is 0 Å². The van der Waals surface area contributed by atoms with E-state index in [0.717, 1.165) is 83.5 Å². The minimum atomic E-state index is -1.10. The van der Waals surface area contributed by atoms with Crippen LogP contribution < -0.4 is 10.6 Å². The topological polar surface area (TPSA) is 136 Å². The van der Waals surface area contributed by atoms with Gasteiger partial charge in [-0.1, -0.05) is 93.2 Å². The SMILES string of the molecule is CC(C)C[C@H](NC(=O)CCCCCCCNC(=O)[C@]12CCC(C)(C)C[C@H]1C1=CC[C@@H]3[C@@]4(C)CC[C@H](O)C(C)(C)[C@@H]4CC[C@@]3(C)[C@]1(C)CC2)[C@@H](O)CC(=O)O. The zero-order valence-corrected chi connectivity index (χ0v) is 35.6. The van der Waals surface area contributed by atoms with Crippen molar-refractivity contribution in [3.05, 3.63) is 11.6 Å². The maximum absolute atomic E-state index is 14.5. The predicted octanol–water partition coefficient (Wildman–Crippen LogP) is 8.97. The monoisotopic (exact) mass is 755 g/mol. The number of rotatable bonds is 15. The number of fused-ring (bicyclic) bond motifs is 7. The lowest BCUT2D eigenvalue weighted by atomic mass is 9.33. The third-order valence-corrected chi connectivity index (χ3v) is 16.9. The van der Waals surface area contributed by atoms with Crippen LogP contribution in [0.25, 0.3) is 0 Å². The maximum atomic E-state index is 14.5. The first kappa shape index (κ1) is 43.2. The van der Waals surface area contributed by atoms with Gasteiger partial charge in [0.1, 0.15) is 0 Å². The Balaban J connectivity index is 1.16. The first-order chi connectivity index (χ1) is 25.1. The zero-order chi connectivity index (χ0) is 39.9. The Kier molecular flexibility index (Phi) is 12.9. The van der Waals surface area contributed by atoms with Gasteiger partial charge < -0.3 is 26.0 Å². The van der Waals surface area contributed by atoms with Crippen LogP contribution in [-0.4, -0.2) is 57.9 Å². The van der Waals surface area contributed by atoms with E-state index in [1.165, 1.54) is 12.8 Å². The summed E-state index contributed by atoms with van der Waals surface area (Å²) in [5, 5.41) is 36.8. The fourth-order valence-corrected chi connectivity index (χ4v) is 13.4. The number of amides is 2. The summed E-state index contributed by atoms with van der Waals surface area (Å²) >= 11 is 0. The Morgan fingerprint density at radius 3 is 2.20 bits per heavy atom. The number of hydrogen-bond donors (Lipinski definition) is 5. The number of nitrogens with one attached hydrogen (secondary N) is 2. The van der Waals surface area contributed by atoms with Crippen molar-refractivity contribution in [3.8, 4) is 0 Å². The highest BCUT2D eigenvalue weighted by Crippen LogP contribution is 2.75. The van der Waals surface area contributed by atoms with Gasteiger partial charge in [-0.15, -0.1) is 0 Å². The molecule has 5 N–H and O–H groups in total. The number of aliphatic hydroxyl groups is 2. The van der Waals surface area contributed by atoms with E-state index in [1.54, 1.807) is 5.57 Å². The molecule has 0 saturated heterocycles. The fraction of sp³-hybridized carbons (Fsp3) is 0.891. The molecule has 308 valence electrons. The van der Waals surface area contributed by atoms with Gasteiger partial charge in [-0.2, -0.15) is 0 Å². The number of carbonyl (C=O) groups excluding carboxylic acids is 2. The second kappa shape index (κ2) is 16.1. The Morgan fingerprint density at radius 1 is 0.852 bits per heavy atom. The van der Waals surface area contributed by atoms with Crippen LogP contribution in [-0.2, 0) is 14.4 Å². The molecule has 4 fully saturated rings. The first-order valence-corrected chi connectivity index (χ1v) is 22.0. The fourth-order valence-electron chi connectivity index (χ4n) is 13.4. The highest BCUT2D eigenvalue weighted by Gasteiger charge is 2.69. The van der Waals surface area contributed by atoms with Gasteiger partial charge in [-0.05, 0) is 134 Å². The number of aliphatic carboxylic acids is 1. The van der Waals surface area contributed by atoms with Crippen molar-refractivity contribution < 1.29 is 29.7 Å². The molecule has 2 amide bonds. The van der Waals surface area contributed by atoms with E-state index in [0.29, 0.717) is 31.2 Å². The number of carboxylic acid groups (broad SMARTS) is 1. The minimum absolute atomic E-state index is 0.0587. The highest BCUT2D eigenvalue weighted by atomic mass is 16.4. The molecule has 54 heavy (non-hydrogen) atoms. The lowest BCUT2D eigenvalue weighted by Crippen LogP contribution is -2.65. The van der Waals surface area contributed by atoms with Crippen molar-refractivity contribution in [1.29, 1.82) is 0 Å². The third-order valence-electron chi connectivity index (χ3n) is 16.9. The average molecular weight is 755 g/mol. The minimum Gasteiger partial charge on any atom is -0.481 e. The molecule has 0 radical (unpaired) electrons. The van der Waals surface area contributed by atoms with Crippen LogP contribution in [0.5, 0.6) is 0 Å². The van der Waals surface area contributed by atoms with Gasteiger partial charge in [0.2, 0.25) is 11.8 Å². The molecule has 10 atom stereocenters. The molecule has 4 saturated carbocycles. The van der Waals surface area contributed by atoms with Crippen LogP contribution in [0.1, 0.15) is 178 Å². The van der Waals surface area contributed by atoms with Crippen molar-refractivity contribution in [1.82, 2.24) is 10.6 Å². The lowest BCUT2D eigenvalue weighted by molar-refractivity contribution is -0.203. The number of unbranched alkanes of at least 4 members (excludes halogenated alkanes) is 4. The highest BCUT2D eigenvalue weighted by molar-refractivity contribution is 5.84.